The van der Waals surface area contributed by atoms with Crippen molar-refractivity contribution in [3.05, 3.63) is 11.6 Å². The third-order valence-electron chi connectivity index (χ3n) is 3.52. The summed E-state index contributed by atoms with van der Waals surface area (Å²) in [6.07, 6.45) is 9.66. The van der Waals surface area contributed by atoms with Gasteiger partial charge in [-0.2, -0.15) is 5.26 Å². The zero-order chi connectivity index (χ0) is 11.4. The maximum Gasteiger partial charge on any atom is 0.240 e. The van der Waals surface area contributed by atoms with E-state index < -0.39 is 5.41 Å². The second-order valence-corrected chi connectivity index (χ2v) is 4.81. The predicted molar refractivity (Wildman–Crippen MR) is 61.5 cm³/mol. The molecule has 1 amide bonds. The third-order valence-corrected chi connectivity index (χ3v) is 3.52. The van der Waals surface area contributed by atoms with Crippen LogP contribution in [0.25, 0.3) is 0 Å². The Balaban J connectivity index is 1.70. The van der Waals surface area contributed by atoms with Gasteiger partial charge in [0.1, 0.15) is 5.41 Å². The summed E-state index contributed by atoms with van der Waals surface area (Å²) in [6, 6.07) is 2.11. The Hall–Kier alpha value is -1.30. The number of nitrogens with one attached hydrogen (secondary N) is 1. The van der Waals surface area contributed by atoms with Gasteiger partial charge in [0.25, 0.3) is 0 Å². The number of hydrogen-bond donors (Lipinski definition) is 1. The minimum atomic E-state index is -0.666. The van der Waals surface area contributed by atoms with E-state index >= 15 is 0 Å². The molecule has 0 aromatic rings. The van der Waals surface area contributed by atoms with Crippen molar-refractivity contribution in [1.29, 1.82) is 5.26 Å². The van der Waals surface area contributed by atoms with Crippen LogP contribution in [0.5, 0.6) is 0 Å². The highest BCUT2D eigenvalue weighted by atomic mass is 16.2. The highest BCUT2D eigenvalue weighted by Crippen LogP contribution is 2.44. The summed E-state index contributed by atoms with van der Waals surface area (Å²) in [5.74, 6) is -0.0635. The van der Waals surface area contributed by atoms with E-state index in [-0.39, 0.29) is 5.91 Å². The minimum Gasteiger partial charge on any atom is -0.354 e. The number of hydrogen-bond acceptors (Lipinski definition) is 2. The van der Waals surface area contributed by atoms with Crippen LogP contribution in [0.15, 0.2) is 11.6 Å². The maximum absolute atomic E-state index is 11.6. The van der Waals surface area contributed by atoms with Gasteiger partial charge < -0.3 is 5.32 Å². The molecule has 16 heavy (non-hydrogen) atoms. The predicted octanol–water partition coefficient (Wildman–Crippen LogP) is 2.30. The molecule has 0 radical (unpaired) electrons. The number of carbonyl (C=O) groups excluding carboxylic acids is 1. The molecule has 86 valence electrons. The number of nitrogens with zero attached hydrogens (tertiary/aromatic N) is 1. The first-order valence-corrected chi connectivity index (χ1v) is 6.14. The molecular formula is C13H18N2O. The molecule has 1 N–H and O–H groups in total. The quantitative estimate of drug-likeness (QED) is 0.736. The van der Waals surface area contributed by atoms with Gasteiger partial charge in [0.2, 0.25) is 5.91 Å². The molecule has 2 aliphatic rings. The molecule has 0 aliphatic heterocycles. The van der Waals surface area contributed by atoms with E-state index in [9.17, 15) is 4.79 Å². The Morgan fingerprint density at radius 3 is 2.88 bits per heavy atom. The topological polar surface area (TPSA) is 52.9 Å². The lowest BCUT2D eigenvalue weighted by Crippen LogP contribution is -2.32. The number of rotatable bonds is 4. The van der Waals surface area contributed by atoms with Crippen molar-refractivity contribution in [1.82, 2.24) is 5.32 Å². The fourth-order valence-corrected chi connectivity index (χ4v) is 2.15. The second-order valence-electron chi connectivity index (χ2n) is 4.81. The van der Waals surface area contributed by atoms with Gasteiger partial charge in [0, 0.05) is 6.54 Å². The van der Waals surface area contributed by atoms with Gasteiger partial charge in [0.15, 0.2) is 0 Å². The van der Waals surface area contributed by atoms with Gasteiger partial charge in [-0.25, -0.2) is 0 Å². The highest BCUT2D eigenvalue weighted by molar-refractivity contribution is 5.88. The molecule has 0 bridgehead atoms. The largest absolute Gasteiger partial charge is 0.354 e. The summed E-state index contributed by atoms with van der Waals surface area (Å²) < 4.78 is 0. The van der Waals surface area contributed by atoms with E-state index in [0.717, 1.165) is 19.3 Å². The SMILES string of the molecule is N#CC1(C(=O)NCCC2=CCCCC2)CC1. The van der Waals surface area contributed by atoms with E-state index in [1.54, 1.807) is 0 Å². The zero-order valence-corrected chi connectivity index (χ0v) is 9.59. The normalized spacial score (nSPS) is 21.8. The van der Waals surface area contributed by atoms with Gasteiger partial charge >= 0.3 is 0 Å². The van der Waals surface area contributed by atoms with Crippen molar-refractivity contribution in [2.75, 3.05) is 6.54 Å². The van der Waals surface area contributed by atoms with Gasteiger partial charge in [-0.05, 0) is 44.9 Å². The van der Waals surface area contributed by atoms with E-state index in [4.69, 9.17) is 5.26 Å². The van der Waals surface area contributed by atoms with Crippen molar-refractivity contribution in [3.63, 3.8) is 0 Å². The summed E-state index contributed by atoms with van der Waals surface area (Å²) in [7, 11) is 0. The molecule has 3 heteroatoms. The Morgan fingerprint density at radius 1 is 1.50 bits per heavy atom. The van der Waals surface area contributed by atoms with E-state index in [1.807, 2.05) is 0 Å². The summed E-state index contributed by atoms with van der Waals surface area (Å²) in [4.78, 5) is 11.6. The maximum atomic E-state index is 11.6. The van der Waals surface area contributed by atoms with Crippen molar-refractivity contribution in [3.8, 4) is 6.07 Å². The first kappa shape index (κ1) is 11.2. The fourth-order valence-electron chi connectivity index (χ4n) is 2.15. The molecule has 0 aromatic carbocycles. The number of carbonyl (C=O) groups is 1. The molecule has 3 nitrogen and oxygen atoms in total. The summed E-state index contributed by atoms with van der Waals surface area (Å²) in [6.45, 7) is 0.689. The van der Waals surface area contributed by atoms with Gasteiger partial charge in [0.05, 0.1) is 6.07 Å². The molecule has 1 saturated carbocycles. The minimum absolute atomic E-state index is 0.0635. The van der Waals surface area contributed by atoms with Crippen LogP contribution in [0.1, 0.15) is 44.9 Å². The van der Waals surface area contributed by atoms with E-state index in [1.165, 1.54) is 31.3 Å². The van der Waals surface area contributed by atoms with Gasteiger partial charge in [-0.15, -0.1) is 0 Å². The monoisotopic (exact) mass is 218 g/mol. The number of allylic oxidation sites excluding steroid dienone is 1. The Morgan fingerprint density at radius 2 is 2.31 bits per heavy atom. The molecule has 2 aliphatic carbocycles. The standard InChI is InChI=1S/C13H18N2O/c14-10-13(7-8-13)12(16)15-9-6-11-4-2-1-3-5-11/h4H,1-3,5-9H2,(H,15,16). The molecule has 0 unspecified atom stereocenters. The highest BCUT2D eigenvalue weighted by Gasteiger charge is 2.50. The van der Waals surface area contributed by atoms with Crippen LogP contribution in [0.2, 0.25) is 0 Å². The van der Waals surface area contributed by atoms with Crippen LogP contribution in [-0.2, 0) is 4.79 Å². The van der Waals surface area contributed by atoms with Crippen molar-refractivity contribution in [2.45, 2.75) is 44.9 Å². The van der Waals surface area contributed by atoms with Crippen LogP contribution >= 0.6 is 0 Å². The number of nitriles is 1. The summed E-state index contributed by atoms with van der Waals surface area (Å²) in [5, 5.41) is 11.7. The van der Waals surface area contributed by atoms with Crippen LogP contribution in [0, 0.1) is 16.7 Å². The third kappa shape index (κ3) is 2.44. The molecule has 1 fully saturated rings. The Bertz CT molecular complexity index is 347. The molecule has 0 spiro atoms. The lowest BCUT2D eigenvalue weighted by atomic mass is 9.97. The fraction of sp³-hybridized carbons (Fsp3) is 0.692. The molecule has 0 heterocycles. The molecular weight excluding hydrogens is 200 g/mol. The van der Waals surface area contributed by atoms with Gasteiger partial charge in [-0.3, -0.25) is 4.79 Å². The van der Waals surface area contributed by atoms with Gasteiger partial charge in [-0.1, -0.05) is 11.6 Å². The Labute approximate surface area is 96.5 Å². The lowest BCUT2D eigenvalue weighted by molar-refractivity contribution is -0.124. The lowest BCUT2D eigenvalue weighted by Gasteiger charge is -2.13. The van der Waals surface area contributed by atoms with Crippen molar-refractivity contribution >= 4 is 5.91 Å². The van der Waals surface area contributed by atoms with Crippen molar-refractivity contribution in [2.24, 2.45) is 5.41 Å². The molecule has 2 rings (SSSR count). The van der Waals surface area contributed by atoms with Crippen LogP contribution in [0.3, 0.4) is 0 Å². The van der Waals surface area contributed by atoms with Crippen LogP contribution < -0.4 is 5.32 Å². The first-order chi connectivity index (χ1) is 7.77. The van der Waals surface area contributed by atoms with E-state index in [0.29, 0.717) is 6.54 Å². The average Bonchev–Trinajstić information content (AvgIpc) is 3.11. The average molecular weight is 218 g/mol. The smallest absolute Gasteiger partial charge is 0.240 e. The Kier molecular flexibility index (Phi) is 3.28. The molecule has 0 saturated heterocycles. The van der Waals surface area contributed by atoms with Crippen LogP contribution in [0.4, 0.5) is 0 Å². The zero-order valence-electron chi connectivity index (χ0n) is 9.59. The molecule has 0 aromatic heterocycles. The van der Waals surface area contributed by atoms with Crippen molar-refractivity contribution < 1.29 is 4.79 Å². The van der Waals surface area contributed by atoms with E-state index in [2.05, 4.69) is 17.5 Å². The van der Waals surface area contributed by atoms with Crippen LogP contribution in [-0.4, -0.2) is 12.5 Å². The summed E-state index contributed by atoms with van der Waals surface area (Å²) >= 11 is 0. The second kappa shape index (κ2) is 4.69. The first-order valence-electron chi connectivity index (χ1n) is 6.14. The number of amides is 1. The summed E-state index contributed by atoms with van der Waals surface area (Å²) in [5.41, 5.74) is 0.800. The molecule has 0 atom stereocenters.